The van der Waals surface area contributed by atoms with Gasteiger partial charge in [0.2, 0.25) is 0 Å². The van der Waals surface area contributed by atoms with Crippen LogP contribution in [0.25, 0.3) is 0 Å². The van der Waals surface area contributed by atoms with Crippen LogP contribution in [0.1, 0.15) is 32.3 Å². The summed E-state index contributed by atoms with van der Waals surface area (Å²) in [7, 11) is 1.64. The van der Waals surface area contributed by atoms with Crippen LogP contribution in [0.15, 0.2) is 16.6 Å². The number of carbonyl (C=O) groups is 1. The molecule has 7 heteroatoms. The number of amides is 1. The van der Waals surface area contributed by atoms with E-state index < -0.39 is 0 Å². The molecule has 140 valence electrons. The van der Waals surface area contributed by atoms with E-state index >= 15 is 0 Å². The molecule has 0 spiro atoms. The fourth-order valence-electron chi connectivity index (χ4n) is 2.93. The van der Waals surface area contributed by atoms with Crippen LogP contribution >= 0.6 is 15.9 Å². The highest BCUT2D eigenvalue weighted by molar-refractivity contribution is 9.10. The van der Waals surface area contributed by atoms with E-state index in [9.17, 15) is 4.79 Å². The summed E-state index contributed by atoms with van der Waals surface area (Å²) in [5.74, 6) is 1.46. The van der Waals surface area contributed by atoms with E-state index in [0.29, 0.717) is 25.0 Å². The van der Waals surface area contributed by atoms with E-state index in [2.05, 4.69) is 21.2 Å². The van der Waals surface area contributed by atoms with Crippen LogP contribution in [-0.4, -0.2) is 50.4 Å². The summed E-state index contributed by atoms with van der Waals surface area (Å²) in [6, 6.07) is 4.44. The number of piperidine rings is 1. The molecule has 0 aliphatic carbocycles. The monoisotopic (exact) mass is 414 g/mol. The third kappa shape index (κ3) is 5.51. The van der Waals surface area contributed by atoms with Crippen molar-refractivity contribution in [2.45, 2.75) is 39.3 Å². The van der Waals surface area contributed by atoms with Gasteiger partial charge < -0.3 is 24.4 Å². The van der Waals surface area contributed by atoms with Crippen LogP contribution in [0.3, 0.4) is 0 Å². The first-order valence-electron chi connectivity index (χ1n) is 8.73. The van der Waals surface area contributed by atoms with Crippen molar-refractivity contribution < 1.29 is 19.0 Å². The van der Waals surface area contributed by atoms with Gasteiger partial charge in [0.05, 0.1) is 24.8 Å². The van der Waals surface area contributed by atoms with Gasteiger partial charge in [0.25, 0.3) is 0 Å². The number of halogens is 1. The maximum absolute atomic E-state index is 11.7. The van der Waals surface area contributed by atoms with Gasteiger partial charge in [-0.15, -0.1) is 0 Å². The largest absolute Gasteiger partial charge is 0.492 e. The molecule has 1 aromatic rings. The highest BCUT2D eigenvalue weighted by Gasteiger charge is 2.23. The molecule has 1 aliphatic rings. The maximum atomic E-state index is 11.7. The molecule has 0 saturated carbocycles. The van der Waals surface area contributed by atoms with Crippen molar-refractivity contribution in [3.05, 3.63) is 22.2 Å². The van der Waals surface area contributed by atoms with Gasteiger partial charge in [0, 0.05) is 25.7 Å². The minimum Gasteiger partial charge on any atom is -0.492 e. The van der Waals surface area contributed by atoms with Gasteiger partial charge in [0.1, 0.15) is 0 Å². The van der Waals surface area contributed by atoms with E-state index in [1.165, 1.54) is 0 Å². The standard InChI is InChI=1S/C18H27BrN2O4/c1-4-24-16-11-13(10-15(19)17(16)23-3)12-20-14-6-8-21(9-7-14)18(22)25-5-2/h10-11,14,20H,4-9,12H2,1-3H3. The van der Waals surface area contributed by atoms with Crippen LogP contribution in [0.2, 0.25) is 0 Å². The predicted octanol–water partition coefficient (Wildman–Crippen LogP) is 3.57. The normalized spacial score (nSPS) is 15.1. The van der Waals surface area contributed by atoms with Crippen molar-refractivity contribution in [2.24, 2.45) is 0 Å². The molecule has 1 saturated heterocycles. The first kappa shape index (κ1) is 19.8. The zero-order valence-electron chi connectivity index (χ0n) is 15.1. The van der Waals surface area contributed by atoms with E-state index in [0.717, 1.165) is 48.3 Å². The number of nitrogens with zero attached hydrogens (tertiary/aromatic N) is 1. The lowest BCUT2D eigenvalue weighted by Crippen LogP contribution is -2.44. The molecule has 0 atom stereocenters. The highest BCUT2D eigenvalue weighted by Crippen LogP contribution is 2.36. The molecule has 25 heavy (non-hydrogen) atoms. The van der Waals surface area contributed by atoms with Gasteiger partial charge in [-0.1, -0.05) is 0 Å². The van der Waals surface area contributed by atoms with Crippen LogP contribution in [0.5, 0.6) is 11.5 Å². The van der Waals surface area contributed by atoms with Crippen molar-refractivity contribution >= 4 is 22.0 Å². The van der Waals surface area contributed by atoms with Crippen molar-refractivity contribution in [2.75, 3.05) is 33.4 Å². The summed E-state index contributed by atoms with van der Waals surface area (Å²) in [5.41, 5.74) is 1.13. The van der Waals surface area contributed by atoms with Crippen LogP contribution in [-0.2, 0) is 11.3 Å². The summed E-state index contributed by atoms with van der Waals surface area (Å²) in [4.78, 5) is 13.5. The Hall–Kier alpha value is -1.47. The number of nitrogens with one attached hydrogen (secondary N) is 1. The van der Waals surface area contributed by atoms with Crippen molar-refractivity contribution in [1.82, 2.24) is 10.2 Å². The second-order valence-corrected chi connectivity index (χ2v) is 6.74. The summed E-state index contributed by atoms with van der Waals surface area (Å²) in [6.45, 7) is 7.00. The van der Waals surface area contributed by atoms with Gasteiger partial charge in [0.15, 0.2) is 11.5 Å². The Labute approximate surface area is 157 Å². The number of likely N-dealkylation sites (tertiary alicyclic amines) is 1. The molecule has 1 fully saturated rings. The fourth-order valence-corrected chi connectivity index (χ4v) is 3.58. The molecule has 0 radical (unpaired) electrons. The lowest BCUT2D eigenvalue weighted by atomic mass is 10.0. The summed E-state index contributed by atoms with van der Waals surface area (Å²) >= 11 is 3.54. The molecule has 0 bridgehead atoms. The fraction of sp³-hybridized carbons (Fsp3) is 0.611. The van der Waals surface area contributed by atoms with Crippen LogP contribution < -0.4 is 14.8 Å². The number of rotatable bonds is 7. The molecular weight excluding hydrogens is 388 g/mol. The maximum Gasteiger partial charge on any atom is 0.409 e. The van der Waals surface area contributed by atoms with Gasteiger partial charge in [-0.05, 0) is 60.3 Å². The van der Waals surface area contributed by atoms with Crippen molar-refractivity contribution in [3.8, 4) is 11.5 Å². The molecule has 1 N–H and O–H groups in total. The van der Waals surface area contributed by atoms with Gasteiger partial charge >= 0.3 is 6.09 Å². The number of benzene rings is 1. The molecule has 0 unspecified atom stereocenters. The topological polar surface area (TPSA) is 60.0 Å². The zero-order chi connectivity index (χ0) is 18.2. The summed E-state index contributed by atoms with van der Waals surface area (Å²) < 4.78 is 17.0. The third-order valence-corrected chi connectivity index (χ3v) is 4.78. The van der Waals surface area contributed by atoms with Crippen molar-refractivity contribution in [1.29, 1.82) is 0 Å². The van der Waals surface area contributed by atoms with Gasteiger partial charge in [-0.3, -0.25) is 0 Å². The number of carbonyl (C=O) groups excluding carboxylic acids is 1. The molecular formula is C18H27BrN2O4. The predicted molar refractivity (Wildman–Crippen MR) is 100 cm³/mol. The first-order valence-corrected chi connectivity index (χ1v) is 9.52. The number of ether oxygens (including phenoxy) is 3. The minimum atomic E-state index is -0.207. The quantitative estimate of drug-likeness (QED) is 0.738. The summed E-state index contributed by atoms with van der Waals surface area (Å²) in [5, 5.41) is 3.57. The molecule has 1 aliphatic heterocycles. The van der Waals surface area contributed by atoms with Crippen LogP contribution in [0.4, 0.5) is 4.79 Å². The van der Waals surface area contributed by atoms with E-state index in [4.69, 9.17) is 14.2 Å². The average Bonchev–Trinajstić information content (AvgIpc) is 2.61. The second kappa shape index (κ2) is 9.87. The molecule has 6 nitrogen and oxygen atoms in total. The zero-order valence-corrected chi connectivity index (χ0v) is 16.7. The van der Waals surface area contributed by atoms with Gasteiger partial charge in [-0.25, -0.2) is 4.79 Å². The Morgan fingerprint density at radius 2 is 2.00 bits per heavy atom. The Kier molecular flexibility index (Phi) is 7.84. The highest BCUT2D eigenvalue weighted by atomic mass is 79.9. The molecule has 1 amide bonds. The number of hydrogen-bond donors (Lipinski definition) is 1. The molecule has 1 heterocycles. The van der Waals surface area contributed by atoms with E-state index in [1.54, 1.807) is 12.0 Å². The number of hydrogen-bond acceptors (Lipinski definition) is 5. The van der Waals surface area contributed by atoms with E-state index in [1.807, 2.05) is 26.0 Å². The molecule has 2 rings (SSSR count). The average molecular weight is 415 g/mol. The lowest BCUT2D eigenvalue weighted by Gasteiger charge is -2.31. The lowest BCUT2D eigenvalue weighted by molar-refractivity contribution is 0.0950. The minimum absolute atomic E-state index is 0.207. The van der Waals surface area contributed by atoms with Crippen molar-refractivity contribution in [3.63, 3.8) is 0 Å². The Bertz CT molecular complexity index is 574. The second-order valence-electron chi connectivity index (χ2n) is 5.88. The Morgan fingerprint density at radius 1 is 1.28 bits per heavy atom. The van der Waals surface area contributed by atoms with Gasteiger partial charge in [-0.2, -0.15) is 0 Å². The smallest absolute Gasteiger partial charge is 0.409 e. The van der Waals surface area contributed by atoms with E-state index in [-0.39, 0.29) is 6.09 Å². The Morgan fingerprint density at radius 3 is 2.60 bits per heavy atom. The first-order chi connectivity index (χ1) is 12.1. The number of methoxy groups -OCH3 is 1. The molecule has 1 aromatic carbocycles. The third-order valence-electron chi connectivity index (χ3n) is 4.19. The molecule has 0 aromatic heterocycles. The van der Waals surface area contributed by atoms with Crippen LogP contribution in [0, 0.1) is 0 Å². The summed E-state index contributed by atoms with van der Waals surface area (Å²) in [6.07, 6.45) is 1.64. The SMILES string of the molecule is CCOC(=O)N1CCC(NCc2cc(Br)c(OC)c(OCC)c2)CC1. The Balaban J connectivity index is 1.89.